The molecule has 0 aliphatic heterocycles. The lowest BCUT2D eigenvalue weighted by molar-refractivity contribution is 0.102. The van der Waals surface area contributed by atoms with Gasteiger partial charge >= 0.3 is 0 Å². The Balaban J connectivity index is 2.19. The van der Waals surface area contributed by atoms with Crippen LogP contribution in [0.15, 0.2) is 30.5 Å². The van der Waals surface area contributed by atoms with Gasteiger partial charge < -0.3 is 16.0 Å². The molecule has 0 atom stereocenters. The lowest BCUT2D eigenvalue weighted by atomic mass is 10.2. The summed E-state index contributed by atoms with van der Waals surface area (Å²) in [6, 6.07) is 6.59. The first-order valence-electron chi connectivity index (χ1n) is 5.74. The van der Waals surface area contributed by atoms with Crippen LogP contribution in [-0.4, -0.2) is 17.4 Å². The molecule has 0 bridgehead atoms. The summed E-state index contributed by atoms with van der Waals surface area (Å²) in [7, 11) is 0. The summed E-state index contributed by atoms with van der Waals surface area (Å²) in [6.45, 7) is 0.244. The minimum atomic E-state index is -0.294. The average Bonchev–Trinajstić information content (AvgIpc) is 2.86. The molecule has 20 heavy (non-hydrogen) atoms. The molecule has 2 rings (SSSR count). The van der Waals surface area contributed by atoms with E-state index in [0.717, 1.165) is 0 Å². The van der Waals surface area contributed by atoms with Crippen LogP contribution >= 0.6 is 23.2 Å². The second-order valence-electron chi connectivity index (χ2n) is 3.89. The predicted molar refractivity (Wildman–Crippen MR) is 81.1 cm³/mol. The smallest absolute Gasteiger partial charge is 0.272 e. The summed E-state index contributed by atoms with van der Waals surface area (Å²) in [6.07, 6.45) is 1.54. The number of hydrogen-bond acceptors (Lipinski definition) is 2. The number of rotatable bonds is 2. The molecule has 0 aliphatic carbocycles. The van der Waals surface area contributed by atoms with E-state index in [1.165, 1.54) is 6.20 Å². The molecule has 2 aromatic rings. The molecule has 0 unspecified atom stereocenters. The van der Waals surface area contributed by atoms with Gasteiger partial charge in [-0.15, -0.1) is 0 Å². The maximum atomic E-state index is 11.9. The molecule has 4 nitrogen and oxygen atoms in total. The lowest BCUT2D eigenvalue weighted by Gasteiger charge is -2.05. The number of nitrogens with two attached hydrogens (primary N) is 1. The summed E-state index contributed by atoms with van der Waals surface area (Å²) in [5, 5.41) is 3.71. The zero-order chi connectivity index (χ0) is 14.5. The van der Waals surface area contributed by atoms with Crippen molar-refractivity contribution in [1.29, 1.82) is 0 Å². The molecule has 102 valence electrons. The van der Waals surface area contributed by atoms with Crippen molar-refractivity contribution in [3.05, 3.63) is 51.8 Å². The van der Waals surface area contributed by atoms with E-state index in [-0.39, 0.29) is 12.5 Å². The van der Waals surface area contributed by atoms with E-state index in [9.17, 15) is 4.79 Å². The highest BCUT2D eigenvalue weighted by molar-refractivity contribution is 6.32. The number of amides is 1. The third-order valence-electron chi connectivity index (χ3n) is 2.44. The normalized spacial score (nSPS) is 9.75. The van der Waals surface area contributed by atoms with Crippen LogP contribution in [0.5, 0.6) is 0 Å². The number of aromatic nitrogens is 1. The van der Waals surface area contributed by atoms with E-state index in [4.69, 9.17) is 28.9 Å². The second kappa shape index (κ2) is 6.49. The fourth-order valence-electron chi connectivity index (χ4n) is 1.54. The van der Waals surface area contributed by atoms with E-state index in [0.29, 0.717) is 27.0 Å². The number of aromatic amines is 1. The number of carbonyl (C=O) groups is 1. The summed E-state index contributed by atoms with van der Waals surface area (Å²) < 4.78 is 0. The third kappa shape index (κ3) is 3.55. The first-order valence-corrected chi connectivity index (χ1v) is 6.49. The number of benzene rings is 1. The van der Waals surface area contributed by atoms with Crippen molar-refractivity contribution in [2.75, 3.05) is 11.9 Å². The molecule has 0 spiro atoms. The first kappa shape index (κ1) is 14.5. The molecule has 1 amide bonds. The van der Waals surface area contributed by atoms with E-state index in [2.05, 4.69) is 22.1 Å². The van der Waals surface area contributed by atoms with Crippen LogP contribution in [0.25, 0.3) is 0 Å². The number of anilines is 1. The molecule has 0 radical (unpaired) electrons. The molecule has 1 aromatic heterocycles. The van der Waals surface area contributed by atoms with Gasteiger partial charge in [0, 0.05) is 17.4 Å². The molecular weight excluding hydrogens is 297 g/mol. The SMILES string of the molecule is NCC#Cc1cc(NC(=O)c2cc(Cl)c[nH]2)ccc1Cl. The van der Waals surface area contributed by atoms with Gasteiger partial charge in [-0.2, -0.15) is 0 Å². The molecule has 0 saturated carbocycles. The van der Waals surface area contributed by atoms with Crippen molar-refractivity contribution in [3.8, 4) is 11.8 Å². The van der Waals surface area contributed by atoms with Crippen molar-refractivity contribution in [2.24, 2.45) is 5.73 Å². The third-order valence-corrected chi connectivity index (χ3v) is 2.99. The molecule has 0 aliphatic rings. The molecule has 6 heteroatoms. The minimum Gasteiger partial charge on any atom is -0.356 e. The van der Waals surface area contributed by atoms with Crippen LogP contribution in [0.3, 0.4) is 0 Å². The summed E-state index contributed by atoms with van der Waals surface area (Å²) in [4.78, 5) is 14.7. The van der Waals surface area contributed by atoms with E-state index in [1.54, 1.807) is 24.3 Å². The van der Waals surface area contributed by atoms with E-state index < -0.39 is 0 Å². The molecule has 4 N–H and O–H groups in total. The summed E-state index contributed by atoms with van der Waals surface area (Å²) in [5.74, 6) is 5.27. The quantitative estimate of drug-likeness (QED) is 0.747. The number of nitrogens with one attached hydrogen (secondary N) is 2. The van der Waals surface area contributed by atoms with Gasteiger partial charge in [0.2, 0.25) is 0 Å². The highest BCUT2D eigenvalue weighted by Gasteiger charge is 2.09. The van der Waals surface area contributed by atoms with Crippen molar-refractivity contribution < 1.29 is 4.79 Å². The Morgan fingerprint density at radius 3 is 2.80 bits per heavy atom. The summed E-state index contributed by atoms with van der Waals surface area (Å²) >= 11 is 11.8. The predicted octanol–water partition coefficient (Wildman–Crippen LogP) is 2.88. The Bertz CT molecular complexity index is 698. The van der Waals surface area contributed by atoms with Crippen molar-refractivity contribution >= 4 is 34.8 Å². The number of halogens is 2. The van der Waals surface area contributed by atoms with Crippen LogP contribution in [0.1, 0.15) is 16.1 Å². The Labute approximate surface area is 126 Å². The first-order chi connectivity index (χ1) is 9.60. The van der Waals surface area contributed by atoms with Gasteiger partial charge in [0.1, 0.15) is 5.69 Å². The van der Waals surface area contributed by atoms with E-state index in [1.807, 2.05) is 0 Å². The monoisotopic (exact) mass is 307 g/mol. The Kier molecular flexibility index (Phi) is 4.70. The topological polar surface area (TPSA) is 70.9 Å². The average molecular weight is 308 g/mol. The Morgan fingerprint density at radius 1 is 1.35 bits per heavy atom. The molecular formula is C14H11Cl2N3O. The van der Waals surface area contributed by atoms with Gasteiger partial charge in [-0.1, -0.05) is 35.0 Å². The van der Waals surface area contributed by atoms with E-state index >= 15 is 0 Å². The number of hydrogen-bond donors (Lipinski definition) is 3. The maximum absolute atomic E-state index is 11.9. The molecule has 1 heterocycles. The standard InChI is InChI=1S/C14H11Cl2N3O/c15-10-7-13(18-8-10)14(20)19-11-3-4-12(16)9(6-11)2-1-5-17/h3-4,6-8,18H,5,17H2,(H,19,20). The van der Waals surface area contributed by atoms with Gasteiger partial charge in [0.25, 0.3) is 5.91 Å². The fourth-order valence-corrected chi connectivity index (χ4v) is 1.87. The van der Waals surface area contributed by atoms with Crippen LogP contribution in [-0.2, 0) is 0 Å². The molecule has 0 saturated heterocycles. The van der Waals surface area contributed by atoms with Gasteiger partial charge in [0.05, 0.1) is 16.6 Å². The molecule has 0 fully saturated rings. The van der Waals surface area contributed by atoms with Gasteiger partial charge in [-0.3, -0.25) is 4.79 Å². The highest BCUT2D eigenvalue weighted by atomic mass is 35.5. The lowest BCUT2D eigenvalue weighted by Crippen LogP contribution is -2.12. The number of H-pyrrole nitrogens is 1. The van der Waals surface area contributed by atoms with Crippen molar-refractivity contribution in [2.45, 2.75) is 0 Å². The van der Waals surface area contributed by atoms with Crippen molar-refractivity contribution in [1.82, 2.24) is 4.98 Å². The van der Waals surface area contributed by atoms with Gasteiger partial charge in [-0.25, -0.2) is 0 Å². The largest absolute Gasteiger partial charge is 0.356 e. The van der Waals surface area contributed by atoms with Crippen LogP contribution < -0.4 is 11.1 Å². The van der Waals surface area contributed by atoms with Gasteiger partial charge in [-0.05, 0) is 24.3 Å². The van der Waals surface area contributed by atoms with Crippen LogP contribution in [0.2, 0.25) is 10.0 Å². The minimum absolute atomic E-state index is 0.244. The Morgan fingerprint density at radius 2 is 2.15 bits per heavy atom. The van der Waals surface area contributed by atoms with Gasteiger partial charge in [0.15, 0.2) is 0 Å². The van der Waals surface area contributed by atoms with Crippen molar-refractivity contribution in [3.63, 3.8) is 0 Å². The molecule has 1 aromatic carbocycles. The second-order valence-corrected chi connectivity index (χ2v) is 4.73. The van der Waals surface area contributed by atoms with Crippen LogP contribution in [0.4, 0.5) is 5.69 Å². The van der Waals surface area contributed by atoms with Crippen LogP contribution in [0, 0.1) is 11.8 Å². The summed E-state index contributed by atoms with van der Waals surface area (Å²) in [5.41, 5.74) is 6.89. The zero-order valence-electron chi connectivity index (χ0n) is 10.3. The highest BCUT2D eigenvalue weighted by Crippen LogP contribution is 2.20. The maximum Gasteiger partial charge on any atom is 0.272 e. The zero-order valence-corrected chi connectivity index (χ0v) is 11.8. The Hall–Kier alpha value is -1.93. The number of carbonyl (C=O) groups excluding carboxylic acids is 1. The fraction of sp³-hybridized carbons (Fsp3) is 0.0714.